The third kappa shape index (κ3) is 2.82. The molecule has 0 amide bonds. The van der Waals surface area contributed by atoms with Crippen LogP contribution in [-0.4, -0.2) is 31.0 Å². The van der Waals surface area contributed by atoms with Gasteiger partial charge in [0, 0.05) is 18.9 Å². The third-order valence-electron chi connectivity index (χ3n) is 3.59. The van der Waals surface area contributed by atoms with Gasteiger partial charge in [0.1, 0.15) is 0 Å². The van der Waals surface area contributed by atoms with Crippen molar-refractivity contribution >= 4 is 0 Å². The molecule has 1 heterocycles. The molecule has 2 rings (SSSR count). The average molecular weight is 254 g/mol. The van der Waals surface area contributed by atoms with Crippen molar-refractivity contribution in [2.75, 3.05) is 20.3 Å². The highest BCUT2D eigenvalue weighted by molar-refractivity contribution is 5.30. The largest absolute Gasteiger partial charge is 0.494 e. The van der Waals surface area contributed by atoms with Crippen molar-refractivity contribution in [3.8, 4) is 5.75 Å². The third-order valence-corrected chi connectivity index (χ3v) is 3.59. The molecule has 0 saturated carbocycles. The van der Waals surface area contributed by atoms with Gasteiger partial charge < -0.3 is 14.6 Å². The van der Waals surface area contributed by atoms with E-state index in [1.54, 1.807) is 19.1 Å². The van der Waals surface area contributed by atoms with E-state index in [1.807, 2.05) is 0 Å². The van der Waals surface area contributed by atoms with Gasteiger partial charge in [0.25, 0.3) is 0 Å². The van der Waals surface area contributed by atoms with Crippen molar-refractivity contribution < 1.29 is 19.0 Å². The van der Waals surface area contributed by atoms with Gasteiger partial charge in [-0.2, -0.15) is 0 Å². The maximum Gasteiger partial charge on any atom is 0.165 e. The van der Waals surface area contributed by atoms with Crippen LogP contribution < -0.4 is 4.74 Å². The van der Waals surface area contributed by atoms with Crippen LogP contribution in [0, 0.1) is 11.7 Å². The van der Waals surface area contributed by atoms with Crippen LogP contribution in [0.15, 0.2) is 18.2 Å². The maximum absolute atomic E-state index is 13.6. The van der Waals surface area contributed by atoms with Crippen LogP contribution in [0.25, 0.3) is 0 Å². The van der Waals surface area contributed by atoms with Crippen LogP contribution >= 0.6 is 0 Å². The molecule has 0 radical (unpaired) electrons. The zero-order valence-electron chi connectivity index (χ0n) is 10.8. The summed E-state index contributed by atoms with van der Waals surface area (Å²) in [5.74, 6) is -0.0567. The van der Waals surface area contributed by atoms with Crippen LogP contribution in [0.3, 0.4) is 0 Å². The first kappa shape index (κ1) is 13.3. The summed E-state index contributed by atoms with van der Waals surface area (Å²) >= 11 is 0. The van der Waals surface area contributed by atoms with E-state index in [0.29, 0.717) is 19.6 Å². The quantitative estimate of drug-likeness (QED) is 0.895. The van der Waals surface area contributed by atoms with E-state index in [1.165, 1.54) is 13.2 Å². The van der Waals surface area contributed by atoms with Gasteiger partial charge in [-0.1, -0.05) is 6.07 Å². The Morgan fingerprint density at radius 2 is 2.33 bits per heavy atom. The van der Waals surface area contributed by atoms with Gasteiger partial charge in [0.2, 0.25) is 0 Å². The van der Waals surface area contributed by atoms with E-state index in [-0.39, 0.29) is 11.7 Å². The van der Waals surface area contributed by atoms with E-state index in [2.05, 4.69) is 0 Å². The normalized spacial score (nSPS) is 22.8. The lowest BCUT2D eigenvalue weighted by Gasteiger charge is -2.29. The van der Waals surface area contributed by atoms with Gasteiger partial charge in [-0.3, -0.25) is 0 Å². The zero-order valence-corrected chi connectivity index (χ0v) is 10.8. The minimum Gasteiger partial charge on any atom is -0.494 e. The summed E-state index contributed by atoms with van der Waals surface area (Å²) in [6.07, 6.45) is 1.27. The summed E-state index contributed by atoms with van der Waals surface area (Å²) in [6.45, 7) is 3.05. The van der Waals surface area contributed by atoms with Crippen molar-refractivity contribution in [2.24, 2.45) is 5.92 Å². The highest BCUT2D eigenvalue weighted by Crippen LogP contribution is 2.30. The molecular formula is C14H19FO3. The monoisotopic (exact) mass is 254 g/mol. The number of methoxy groups -OCH3 is 1. The molecule has 1 saturated heterocycles. The van der Waals surface area contributed by atoms with Crippen LogP contribution in [0.1, 0.15) is 18.9 Å². The topological polar surface area (TPSA) is 38.7 Å². The summed E-state index contributed by atoms with van der Waals surface area (Å²) in [7, 11) is 1.43. The van der Waals surface area contributed by atoms with Crippen LogP contribution in [-0.2, 0) is 11.2 Å². The lowest BCUT2D eigenvalue weighted by molar-refractivity contribution is -0.00459. The first-order chi connectivity index (χ1) is 8.53. The predicted molar refractivity (Wildman–Crippen MR) is 66.2 cm³/mol. The lowest BCUT2D eigenvalue weighted by Crippen LogP contribution is -2.37. The molecular weight excluding hydrogens is 235 g/mol. The molecule has 2 unspecified atom stereocenters. The van der Waals surface area contributed by atoms with Crippen molar-refractivity contribution in [1.29, 1.82) is 0 Å². The number of halogens is 1. The number of hydrogen-bond acceptors (Lipinski definition) is 3. The Morgan fingerprint density at radius 1 is 1.56 bits per heavy atom. The molecule has 3 nitrogen and oxygen atoms in total. The zero-order chi connectivity index (χ0) is 13.2. The fourth-order valence-corrected chi connectivity index (χ4v) is 2.40. The second kappa shape index (κ2) is 5.24. The maximum atomic E-state index is 13.6. The second-order valence-corrected chi connectivity index (χ2v) is 5.06. The molecule has 1 N–H and O–H groups in total. The number of ether oxygens (including phenoxy) is 2. The van der Waals surface area contributed by atoms with Gasteiger partial charge in [-0.25, -0.2) is 4.39 Å². The van der Waals surface area contributed by atoms with Gasteiger partial charge in [0.15, 0.2) is 11.6 Å². The number of hydrogen-bond donors (Lipinski definition) is 1. The Bertz CT molecular complexity index is 412. The molecule has 0 aliphatic carbocycles. The summed E-state index contributed by atoms with van der Waals surface area (Å²) in [5.41, 5.74) is -0.0949. The molecule has 1 aliphatic heterocycles. The Kier molecular flexibility index (Phi) is 3.88. The Balaban J connectivity index is 2.10. The second-order valence-electron chi connectivity index (χ2n) is 5.06. The minimum atomic E-state index is -0.864. The van der Waals surface area contributed by atoms with Crippen LogP contribution in [0.4, 0.5) is 4.39 Å². The van der Waals surface area contributed by atoms with E-state index in [0.717, 1.165) is 12.0 Å². The van der Waals surface area contributed by atoms with Crippen LogP contribution in [0.2, 0.25) is 0 Å². The Labute approximate surface area is 107 Å². The molecule has 2 atom stereocenters. The first-order valence-electron chi connectivity index (χ1n) is 6.15. The SMILES string of the molecule is COc1ccc(CC(C)(O)C2CCOC2)cc1F. The fraction of sp³-hybridized carbons (Fsp3) is 0.571. The molecule has 18 heavy (non-hydrogen) atoms. The van der Waals surface area contributed by atoms with Crippen molar-refractivity contribution in [2.45, 2.75) is 25.4 Å². The Morgan fingerprint density at radius 3 is 2.89 bits per heavy atom. The molecule has 100 valence electrons. The van der Waals surface area contributed by atoms with Crippen molar-refractivity contribution in [3.05, 3.63) is 29.6 Å². The summed E-state index contributed by atoms with van der Waals surface area (Å²) in [5, 5.41) is 10.5. The van der Waals surface area contributed by atoms with Crippen LogP contribution in [0.5, 0.6) is 5.75 Å². The lowest BCUT2D eigenvalue weighted by atomic mass is 9.83. The van der Waals surface area contributed by atoms with Crippen molar-refractivity contribution in [1.82, 2.24) is 0 Å². The van der Waals surface area contributed by atoms with E-state index in [9.17, 15) is 9.50 Å². The molecule has 1 fully saturated rings. The molecule has 1 aromatic rings. The van der Waals surface area contributed by atoms with E-state index < -0.39 is 11.4 Å². The number of rotatable bonds is 4. The highest BCUT2D eigenvalue weighted by atomic mass is 19.1. The number of aliphatic hydroxyl groups is 1. The summed E-state index contributed by atoms with van der Waals surface area (Å²) in [6, 6.07) is 4.79. The predicted octanol–water partition coefficient (Wildman–Crippen LogP) is 2.16. The molecule has 1 aliphatic rings. The average Bonchev–Trinajstić information content (AvgIpc) is 2.82. The fourth-order valence-electron chi connectivity index (χ4n) is 2.40. The van der Waals surface area contributed by atoms with Gasteiger partial charge >= 0.3 is 0 Å². The van der Waals surface area contributed by atoms with Gasteiger partial charge in [-0.15, -0.1) is 0 Å². The molecule has 0 spiro atoms. The highest BCUT2D eigenvalue weighted by Gasteiger charge is 2.34. The van der Waals surface area contributed by atoms with Crippen molar-refractivity contribution in [3.63, 3.8) is 0 Å². The minimum absolute atomic E-state index is 0.114. The van der Waals surface area contributed by atoms with E-state index >= 15 is 0 Å². The molecule has 4 heteroatoms. The van der Waals surface area contributed by atoms with E-state index in [4.69, 9.17) is 9.47 Å². The standard InChI is InChI=1S/C14H19FO3/c1-14(16,11-5-6-18-9-11)8-10-3-4-13(17-2)12(15)7-10/h3-4,7,11,16H,5-6,8-9H2,1-2H3. The Hall–Kier alpha value is -1.13. The van der Waals surface area contributed by atoms with Gasteiger partial charge in [0.05, 0.1) is 19.3 Å². The van der Waals surface area contributed by atoms with Gasteiger partial charge in [-0.05, 0) is 31.0 Å². The summed E-state index contributed by atoms with van der Waals surface area (Å²) < 4.78 is 23.7. The first-order valence-corrected chi connectivity index (χ1v) is 6.15. The summed E-state index contributed by atoms with van der Waals surface area (Å²) in [4.78, 5) is 0. The smallest absolute Gasteiger partial charge is 0.165 e. The molecule has 0 bridgehead atoms. The molecule has 1 aromatic carbocycles. The number of benzene rings is 1. The molecule has 0 aromatic heterocycles.